The van der Waals surface area contributed by atoms with Crippen molar-refractivity contribution in [2.24, 2.45) is 0 Å². The van der Waals surface area contributed by atoms with Crippen molar-refractivity contribution in [3.8, 4) is 11.1 Å². The number of carbonyl (C=O) groups excluding carboxylic acids is 2. The number of hydrogen-bond donors (Lipinski definition) is 2. The Labute approximate surface area is 181 Å². The van der Waals surface area contributed by atoms with Gasteiger partial charge in [0.15, 0.2) is 12.4 Å². The van der Waals surface area contributed by atoms with Gasteiger partial charge in [-0.3, -0.25) is 9.59 Å². The van der Waals surface area contributed by atoms with Crippen LogP contribution < -0.4 is 15.2 Å². The number of carbonyl (C=O) groups is 2. The first kappa shape index (κ1) is 20.0. The molecule has 0 saturated heterocycles. The van der Waals surface area contributed by atoms with E-state index in [1.165, 1.54) is 0 Å². The fourth-order valence-electron chi connectivity index (χ4n) is 3.29. The largest absolute Gasteiger partial charge is 0.322 e. The molecule has 0 radical (unpaired) electrons. The molecule has 0 aliphatic heterocycles. The zero-order valence-electron chi connectivity index (χ0n) is 16.9. The van der Waals surface area contributed by atoms with E-state index in [9.17, 15) is 9.59 Å². The van der Waals surface area contributed by atoms with Crippen LogP contribution in [0.3, 0.4) is 0 Å². The Hall–Kier alpha value is -4.25. The molecule has 4 rings (SSSR count). The first-order valence-electron chi connectivity index (χ1n) is 9.99. The summed E-state index contributed by atoms with van der Waals surface area (Å²) in [5.74, 6) is -0.490. The van der Waals surface area contributed by atoms with E-state index in [1.807, 2.05) is 89.8 Å². The Bertz CT molecular complexity index is 1190. The third-order valence-corrected chi connectivity index (χ3v) is 4.77. The fourth-order valence-corrected chi connectivity index (χ4v) is 3.29. The van der Waals surface area contributed by atoms with E-state index < -0.39 is 0 Å². The minimum atomic E-state index is -0.277. The maximum Gasteiger partial charge on any atom is 0.290 e. The normalized spacial score (nSPS) is 10.3. The lowest BCUT2D eigenvalue weighted by molar-refractivity contribution is -0.683. The third-order valence-electron chi connectivity index (χ3n) is 4.77. The van der Waals surface area contributed by atoms with Crippen molar-refractivity contribution >= 4 is 23.2 Å². The van der Waals surface area contributed by atoms with Crippen molar-refractivity contribution in [2.45, 2.75) is 6.54 Å². The van der Waals surface area contributed by atoms with Gasteiger partial charge in [0.1, 0.15) is 0 Å². The van der Waals surface area contributed by atoms with Crippen LogP contribution in [0.25, 0.3) is 11.1 Å². The zero-order valence-corrected chi connectivity index (χ0v) is 16.9. The van der Waals surface area contributed by atoms with Crippen LogP contribution in [0.4, 0.5) is 11.4 Å². The van der Waals surface area contributed by atoms with Crippen molar-refractivity contribution in [3.63, 3.8) is 0 Å². The molecule has 2 N–H and O–H groups in total. The van der Waals surface area contributed by atoms with Crippen molar-refractivity contribution < 1.29 is 14.2 Å². The molecular formula is C26H22N3O2+. The van der Waals surface area contributed by atoms with Gasteiger partial charge in [-0.1, -0.05) is 60.7 Å². The molecule has 0 aliphatic rings. The number of rotatable bonds is 6. The Morgan fingerprint density at radius 1 is 0.677 bits per heavy atom. The number of amides is 2. The van der Waals surface area contributed by atoms with Gasteiger partial charge < -0.3 is 10.6 Å². The SMILES string of the molecule is O=C(C[n+]1cccc(-c2ccccc2)c1)Nc1ccccc1C(=O)Nc1ccccc1. The number of para-hydroxylation sites is 2. The lowest BCUT2D eigenvalue weighted by atomic mass is 10.1. The van der Waals surface area contributed by atoms with Gasteiger partial charge in [0, 0.05) is 17.3 Å². The van der Waals surface area contributed by atoms with Crippen molar-refractivity contribution in [1.29, 1.82) is 0 Å². The second-order valence-electron chi connectivity index (χ2n) is 7.04. The van der Waals surface area contributed by atoms with E-state index in [-0.39, 0.29) is 18.4 Å². The highest BCUT2D eigenvalue weighted by Gasteiger charge is 2.16. The van der Waals surface area contributed by atoms with Crippen molar-refractivity contribution in [3.05, 3.63) is 115 Å². The summed E-state index contributed by atoms with van der Waals surface area (Å²) in [5.41, 5.74) is 3.68. The average Bonchev–Trinajstić information content (AvgIpc) is 2.81. The molecule has 31 heavy (non-hydrogen) atoms. The van der Waals surface area contributed by atoms with Gasteiger partial charge in [0.2, 0.25) is 6.54 Å². The van der Waals surface area contributed by atoms with E-state index >= 15 is 0 Å². The Morgan fingerprint density at radius 2 is 1.32 bits per heavy atom. The number of benzene rings is 3. The summed E-state index contributed by atoms with van der Waals surface area (Å²) in [6, 6.07) is 30.1. The van der Waals surface area contributed by atoms with Crippen molar-refractivity contribution in [1.82, 2.24) is 0 Å². The van der Waals surface area contributed by atoms with Crippen molar-refractivity contribution in [2.75, 3.05) is 10.6 Å². The van der Waals surface area contributed by atoms with Gasteiger partial charge in [-0.2, -0.15) is 4.57 Å². The predicted molar refractivity (Wildman–Crippen MR) is 122 cm³/mol. The number of anilines is 2. The van der Waals surface area contributed by atoms with Crippen LogP contribution >= 0.6 is 0 Å². The quantitative estimate of drug-likeness (QED) is 0.461. The van der Waals surface area contributed by atoms with Gasteiger partial charge in [-0.25, -0.2) is 0 Å². The molecule has 5 heteroatoms. The molecule has 0 saturated carbocycles. The summed E-state index contributed by atoms with van der Waals surface area (Å²) in [5, 5.41) is 5.72. The molecule has 1 aromatic heterocycles. The summed E-state index contributed by atoms with van der Waals surface area (Å²) in [6.07, 6.45) is 3.78. The molecule has 0 atom stereocenters. The lowest BCUT2D eigenvalue weighted by Crippen LogP contribution is -2.40. The van der Waals surface area contributed by atoms with Gasteiger partial charge in [0.25, 0.3) is 11.8 Å². The molecule has 1 heterocycles. The van der Waals surface area contributed by atoms with Crippen LogP contribution in [0.2, 0.25) is 0 Å². The lowest BCUT2D eigenvalue weighted by Gasteiger charge is -2.11. The smallest absolute Gasteiger partial charge is 0.290 e. The van der Waals surface area contributed by atoms with Crippen LogP contribution in [-0.4, -0.2) is 11.8 Å². The molecule has 3 aromatic carbocycles. The summed E-state index contributed by atoms with van der Waals surface area (Å²) in [4.78, 5) is 25.4. The molecule has 4 aromatic rings. The summed E-state index contributed by atoms with van der Waals surface area (Å²) in [6.45, 7) is 0.134. The number of nitrogens with zero attached hydrogens (tertiary/aromatic N) is 1. The number of pyridine rings is 1. The summed E-state index contributed by atoms with van der Waals surface area (Å²) in [7, 11) is 0. The van der Waals surface area contributed by atoms with Crippen LogP contribution in [0.15, 0.2) is 109 Å². The highest BCUT2D eigenvalue weighted by atomic mass is 16.2. The molecule has 0 spiro atoms. The minimum Gasteiger partial charge on any atom is -0.322 e. The van der Waals surface area contributed by atoms with Crippen LogP contribution in [0, 0.1) is 0 Å². The van der Waals surface area contributed by atoms with E-state index in [1.54, 1.807) is 24.3 Å². The summed E-state index contributed by atoms with van der Waals surface area (Å²) >= 11 is 0. The first-order valence-corrected chi connectivity index (χ1v) is 9.99. The monoisotopic (exact) mass is 408 g/mol. The van der Waals surface area contributed by atoms with Crippen LogP contribution in [0.5, 0.6) is 0 Å². The van der Waals surface area contributed by atoms with Gasteiger partial charge in [0.05, 0.1) is 11.3 Å². The van der Waals surface area contributed by atoms with Gasteiger partial charge in [-0.05, 0) is 35.9 Å². The maximum atomic E-state index is 12.7. The fraction of sp³-hybridized carbons (Fsp3) is 0.0385. The van der Waals surface area contributed by atoms with Gasteiger partial charge >= 0.3 is 0 Å². The van der Waals surface area contributed by atoms with E-state index in [4.69, 9.17) is 0 Å². The number of nitrogens with one attached hydrogen (secondary N) is 2. The minimum absolute atomic E-state index is 0.134. The van der Waals surface area contributed by atoms with Crippen LogP contribution in [-0.2, 0) is 11.3 Å². The average molecular weight is 408 g/mol. The highest BCUT2D eigenvalue weighted by Crippen LogP contribution is 2.18. The predicted octanol–water partition coefficient (Wildman–Crippen LogP) is 4.53. The molecule has 2 amide bonds. The highest BCUT2D eigenvalue weighted by molar-refractivity contribution is 6.10. The second kappa shape index (κ2) is 9.50. The van der Waals surface area contributed by atoms with E-state index in [0.29, 0.717) is 16.9 Å². The number of aromatic nitrogens is 1. The Balaban J connectivity index is 1.47. The maximum absolute atomic E-state index is 12.7. The first-order chi connectivity index (χ1) is 15.2. The molecule has 0 bridgehead atoms. The Kier molecular flexibility index (Phi) is 6.14. The van der Waals surface area contributed by atoms with E-state index in [2.05, 4.69) is 10.6 Å². The third kappa shape index (κ3) is 5.22. The second-order valence-corrected chi connectivity index (χ2v) is 7.04. The number of hydrogen-bond acceptors (Lipinski definition) is 2. The standard InChI is InChI=1S/C26H21N3O2/c30-25(19-29-17-9-12-21(18-29)20-10-3-1-4-11-20)28-24-16-8-7-15-23(24)26(31)27-22-13-5-2-6-14-22/h1-18H,19H2,(H-,27,28,30,31)/p+1. The molecule has 5 nitrogen and oxygen atoms in total. The molecular weight excluding hydrogens is 386 g/mol. The van der Waals surface area contributed by atoms with Crippen LogP contribution in [0.1, 0.15) is 10.4 Å². The molecule has 0 unspecified atom stereocenters. The van der Waals surface area contributed by atoms with Gasteiger partial charge in [-0.15, -0.1) is 0 Å². The summed E-state index contributed by atoms with van der Waals surface area (Å²) < 4.78 is 1.82. The molecule has 0 fully saturated rings. The zero-order chi connectivity index (χ0) is 21.5. The molecule has 0 aliphatic carbocycles. The van der Waals surface area contributed by atoms with E-state index in [0.717, 1.165) is 11.1 Å². The molecule has 152 valence electrons. The Morgan fingerprint density at radius 3 is 2.10 bits per heavy atom. The topological polar surface area (TPSA) is 62.1 Å².